The van der Waals surface area contributed by atoms with Crippen LogP contribution in [0.4, 0.5) is 0 Å². The number of carbonyl (C=O) groups excluding carboxylic acids is 1. The predicted octanol–water partition coefficient (Wildman–Crippen LogP) is 0.792. The minimum Gasteiger partial charge on any atom is -0.465 e. The van der Waals surface area contributed by atoms with Gasteiger partial charge in [0.1, 0.15) is 0 Å². The van der Waals surface area contributed by atoms with Gasteiger partial charge in [-0.3, -0.25) is 0 Å². The van der Waals surface area contributed by atoms with Crippen molar-refractivity contribution < 1.29 is 26.4 Å². The monoisotopic (exact) mass is 355 g/mol. The Hall–Kier alpha value is -1.16. The number of carbonyl (C=O) groups is 1. The molecule has 0 fully saturated rings. The van der Waals surface area contributed by atoms with E-state index >= 15 is 0 Å². The molecule has 21 heavy (non-hydrogen) atoms. The van der Waals surface area contributed by atoms with Gasteiger partial charge in [-0.2, -0.15) is 0 Å². The number of hydrogen-bond acceptors (Lipinski definition) is 6. The van der Waals surface area contributed by atoms with E-state index in [9.17, 15) is 21.6 Å². The van der Waals surface area contributed by atoms with Crippen LogP contribution in [0.1, 0.15) is 15.9 Å². The average Bonchev–Trinajstić information content (AvgIpc) is 2.35. The maximum Gasteiger partial charge on any atom is 0.338 e. The van der Waals surface area contributed by atoms with Gasteiger partial charge in [0.2, 0.25) is 19.1 Å². The van der Waals surface area contributed by atoms with Crippen LogP contribution in [0.25, 0.3) is 0 Å². The lowest BCUT2D eigenvalue weighted by Crippen LogP contribution is -2.25. The molecule has 0 heterocycles. The van der Waals surface area contributed by atoms with Crippen molar-refractivity contribution in [1.29, 1.82) is 0 Å². The van der Waals surface area contributed by atoms with Crippen molar-refractivity contribution in [3.05, 3.63) is 29.3 Å². The summed E-state index contributed by atoms with van der Waals surface area (Å²) in [6.45, 7) is 0. The molecule has 0 atom stereocenters. The number of hydrogen-bond donors (Lipinski definition) is 0. The lowest BCUT2D eigenvalue weighted by Gasteiger charge is -2.16. The Kier molecular flexibility index (Phi) is 5.37. The summed E-state index contributed by atoms with van der Waals surface area (Å²) in [5.41, 5.74) is -0.377. The van der Waals surface area contributed by atoms with Crippen molar-refractivity contribution in [2.75, 3.05) is 21.2 Å². The van der Waals surface area contributed by atoms with Gasteiger partial charge < -0.3 is 4.74 Å². The van der Waals surface area contributed by atoms with Crippen LogP contribution in [-0.2, 0) is 29.6 Å². The van der Waals surface area contributed by atoms with E-state index in [4.69, 9.17) is 10.7 Å². The maximum absolute atomic E-state index is 12.2. The maximum atomic E-state index is 12.2. The number of nitrogens with zero attached hydrogens (tertiary/aromatic N) is 1. The molecule has 118 valence electrons. The number of sulfonamides is 1. The average molecular weight is 356 g/mol. The Morgan fingerprint density at radius 2 is 1.81 bits per heavy atom. The number of ether oxygens (including phenoxy) is 1. The highest BCUT2D eigenvalue weighted by atomic mass is 35.7. The van der Waals surface area contributed by atoms with Crippen molar-refractivity contribution in [3.8, 4) is 0 Å². The first-order valence-electron chi connectivity index (χ1n) is 5.55. The zero-order valence-electron chi connectivity index (χ0n) is 11.5. The molecular formula is C11H14ClNO6S2. The Balaban J connectivity index is 3.70. The van der Waals surface area contributed by atoms with Crippen LogP contribution in [0.2, 0.25) is 0 Å². The van der Waals surface area contributed by atoms with Gasteiger partial charge in [-0.25, -0.2) is 25.9 Å². The molecule has 0 spiro atoms. The Bertz CT molecular complexity index is 755. The first kappa shape index (κ1) is 17.9. The van der Waals surface area contributed by atoms with E-state index in [2.05, 4.69) is 4.74 Å². The van der Waals surface area contributed by atoms with Crippen LogP contribution in [0.5, 0.6) is 0 Å². The van der Waals surface area contributed by atoms with Crippen molar-refractivity contribution >= 4 is 35.7 Å². The quantitative estimate of drug-likeness (QED) is 0.572. The molecule has 0 unspecified atom stereocenters. The van der Waals surface area contributed by atoms with Gasteiger partial charge in [0.05, 0.1) is 23.3 Å². The van der Waals surface area contributed by atoms with Crippen LogP contribution in [0, 0.1) is 0 Å². The standard InChI is InChI=1S/C11H14ClNO6S2/c1-13(2)21(17,18)10-6-4-5-8(11(14)19-3)9(10)7-20(12,15)16/h4-6H,7H2,1-3H3. The molecule has 0 aliphatic heterocycles. The van der Waals surface area contributed by atoms with Crippen LogP contribution >= 0.6 is 10.7 Å². The Morgan fingerprint density at radius 1 is 1.24 bits per heavy atom. The highest BCUT2D eigenvalue weighted by Gasteiger charge is 2.27. The van der Waals surface area contributed by atoms with Crippen LogP contribution in [0.3, 0.4) is 0 Å². The van der Waals surface area contributed by atoms with Gasteiger partial charge in [-0.15, -0.1) is 0 Å². The molecule has 0 aromatic heterocycles. The van der Waals surface area contributed by atoms with Crippen molar-refractivity contribution in [3.63, 3.8) is 0 Å². The third kappa shape index (κ3) is 4.16. The van der Waals surface area contributed by atoms with Crippen LogP contribution < -0.4 is 0 Å². The van der Waals surface area contributed by atoms with E-state index in [-0.39, 0.29) is 16.0 Å². The number of methoxy groups -OCH3 is 1. The Labute approximate surface area is 127 Å². The minimum absolute atomic E-state index is 0.162. The van der Waals surface area contributed by atoms with Crippen LogP contribution in [0.15, 0.2) is 23.1 Å². The fourth-order valence-corrected chi connectivity index (χ4v) is 3.84. The zero-order chi connectivity index (χ0) is 16.4. The normalized spacial score (nSPS) is 12.4. The minimum atomic E-state index is -4.07. The summed E-state index contributed by atoms with van der Waals surface area (Å²) in [7, 11) is 0.878. The molecule has 0 saturated heterocycles. The van der Waals surface area contributed by atoms with Gasteiger partial charge >= 0.3 is 5.97 Å². The highest BCUT2D eigenvalue weighted by Crippen LogP contribution is 2.26. The van der Waals surface area contributed by atoms with Gasteiger partial charge in [0.25, 0.3) is 0 Å². The van der Waals surface area contributed by atoms with E-state index in [1.807, 2.05) is 0 Å². The molecule has 0 aliphatic carbocycles. The van der Waals surface area contributed by atoms with Crippen molar-refractivity contribution in [2.45, 2.75) is 10.6 Å². The number of rotatable bonds is 5. The second-order valence-electron chi connectivity index (χ2n) is 4.24. The molecule has 0 bridgehead atoms. The zero-order valence-corrected chi connectivity index (χ0v) is 13.9. The second kappa shape index (κ2) is 6.30. The van der Waals surface area contributed by atoms with Crippen molar-refractivity contribution in [2.24, 2.45) is 0 Å². The molecular weight excluding hydrogens is 342 g/mol. The van der Waals surface area contributed by atoms with E-state index in [0.29, 0.717) is 0 Å². The van der Waals surface area contributed by atoms with Crippen molar-refractivity contribution in [1.82, 2.24) is 4.31 Å². The number of halogens is 1. The van der Waals surface area contributed by atoms with E-state index in [1.165, 1.54) is 32.3 Å². The highest BCUT2D eigenvalue weighted by molar-refractivity contribution is 8.13. The first-order chi connectivity index (χ1) is 9.50. The van der Waals surface area contributed by atoms with E-state index in [0.717, 1.165) is 11.4 Å². The van der Waals surface area contributed by atoms with E-state index in [1.54, 1.807) is 0 Å². The smallest absolute Gasteiger partial charge is 0.338 e. The van der Waals surface area contributed by atoms with Gasteiger partial charge in [0, 0.05) is 30.3 Å². The molecule has 0 saturated carbocycles. The molecule has 1 aromatic carbocycles. The van der Waals surface area contributed by atoms with Gasteiger partial charge in [-0.05, 0) is 12.1 Å². The number of esters is 1. The third-order valence-electron chi connectivity index (χ3n) is 2.61. The third-order valence-corrected chi connectivity index (χ3v) is 5.47. The largest absolute Gasteiger partial charge is 0.465 e. The molecule has 0 radical (unpaired) electrons. The SMILES string of the molecule is COC(=O)c1cccc(S(=O)(=O)N(C)C)c1CS(=O)(=O)Cl. The summed E-state index contributed by atoms with van der Waals surface area (Å²) in [5, 5.41) is 0. The summed E-state index contributed by atoms with van der Waals surface area (Å²) in [6, 6.07) is 3.81. The molecule has 0 aliphatic rings. The topological polar surface area (TPSA) is 97.8 Å². The molecule has 7 nitrogen and oxygen atoms in total. The molecule has 1 rings (SSSR count). The van der Waals surface area contributed by atoms with Gasteiger partial charge in [-0.1, -0.05) is 6.07 Å². The second-order valence-corrected chi connectivity index (χ2v) is 9.14. The fourth-order valence-electron chi connectivity index (χ4n) is 1.63. The summed E-state index contributed by atoms with van der Waals surface area (Å²) in [6.07, 6.45) is 0. The van der Waals surface area contributed by atoms with Crippen LogP contribution in [-0.4, -0.2) is 48.3 Å². The van der Waals surface area contributed by atoms with Gasteiger partial charge in [0.15, 0.2) is 0 Å². The summed E-state index contributed by atoms with van der Waals surface area (Å²) < 4.78 is 52.6. The molecule has 0 amide bonds. The molecule has 10 heteroatoms. The summed E-state index contributed by atoms with van der Waals surface area (Å²) >= 11 is 0. The Morgan fingerprint density at radius 3 is 2.24 bits per heavy atom. The first-order valence-corrected chi connectivity index (χ1v) is 9.47. The predicted molar refractivity (Wildman–Crippen MR) is 77.1 cm³/mol. The lowest BCUT2D eigenvalue weighted by molar-refractivity contribution is 0.0599. The molecule has 1 aromatic rings. The number of benzene rings is 1. The fraction of sp³-hybridized carbons (Fsp3) is 0.364. The summed E-state index contributed by atoms with van der Waals surface area (Å²) in [5.74, 6) is -1.65. The molecule has 0 N–H and O–H groups in total. The lowest BCUT2D eigenvalue weighted by atomic mass is 10.1. The summed E-state index contributed by atoms with van der Waals surface area (Å²) in [4.78, 5) is 11.4. The van der Waals surface area contributed by atoms with E-state index < -0.39 is 30.8 Å².